The summed E-state index contributed by atoms with van der Waals surface area (Å²) in [5.74, 6) is 1.49. The second-order valence-electron chi connectivity index (χ2n) is 5.45. The van der Waals surface area contributed by atoms with Crippen molar-refractivity contribution in [3.63, 3.8) is 0 Å². The summed E-state index contributed by atoms with van der Waals surface area (Å²) >= 11 is 0. The third kappa shape index (κ3) is 4.41. The Labute approximate surface area is 126 Å². The van der Waals surface area contributed by atoms with E-state index in [0.29, 0.717) is 18.0 Å². The van der Waals surface area contributed by atoms with Crippen LogP contribution in [0.15, 0.2) is 30.6 Å². The van der Waals surface area contributed by atoms with E-state index in [1.165, 1.54) is 0 Å². The lowest BCUT2D eigenvalue weighted by molar-refractivity contribution is 0.752. The van der Waals surface area contributed by atoms with E-state index in [1.54, 1.807) is 12.4 Å². The number of anilines is 2. The van der Waals surface area contributed by atoms with Crippen molar-refractivity contribution in [2.45, 2.75) is 46.2 Å². The fraction of sp³-hybridized carbons (Fsp3) is 0.438. The van der Waals surface area contributed by atoms with Gasteiger partial charge in [-0.25, -0.2) is 4.98 Å². The van der Waals surface area contributed by atoms with Crippen LogP contribution >= 0.6 is 0 Å². The lowest BCUT2D eigenvalue weighted by atomic mass is 10.2. The van der Waals surface area contributed by atoms with E-state index in [4.69, 9.17) is 0 Å². The van der Waals surface area contributed by atoms with Gasteiger partial charge in [0.25, 0.3) is 0 Å². The number of hydrogen-bond donors (Lipinski definition) is 2. The van der Waals surface area contributed by atoms with Gasteiger partial charge >= 0.3 is 0 Å². The molecule has 2 heterocycles. The molecule has 1 atom stereocenters. The molecule has 0 bridgehead atoms. The quantitative estimate of drug-likeness (QED) is 0.849. The van der Waals surface area contributed by atoms with Gasteiger partial charge in [-0.05, 0) is 39.3 Å². The molecule has 0 amide bonds. The molecule has 0 fully saturated rings. The number of nitrogens with zero attached hydrogens (tertiary/aromatic N) is 3. The topological polar surface area (TPSA) is 62.7 Å². The SMILES string of the molecule is CC[C@H](C)Nc1nc(NC(C)C)cc(-c2ccncc2)n1. The normalized spacial score (nSPS) is 12.2. The zero-order valence-electron chi connectivity index (χ0n) is 13.1. The number of aromatic nitrogens is 3. The van der Waals surface area contributed by atoms with Crippen LogP contribution in [0.3, 0.4) is 0 Å². The maximum absolute atomic E-state index is 4.61. The van der Waals surface area contributed by atoms with Crippen LogP contribution in [0.1, 0.15) is 34.1 Å². The Hall–Kier alpha value is -2.17. The van der Waals surface area contributed by atoms with Gasteiger partial charge in [0.15, 0.2) is 0 Å². The molecule has 0 saturated heterocycles. The smallest absolute Gasteiger partial charge is 0.225 e. The highest BCUT2D eigenvalue weighted by atomic mass is 15.2. The second kappa shape index (κ2) is 7.02. The summed E-state index contributed by atoms with van der Waals surface area (Å²) in [6.45, 7) is 8.45. The van der Waals surface area contributed by atoms with Gasteiger partial charge in [-0.15, -0.1) is 0 Å². The Morgan fingerprint density at radius 2 is 1.76 bits per heavy atom. The van der Waals surface area contributed by atoms with Gasteiger partial charge in [-0.3, -0.25) is 4.98 Å². The molecule has 5 nitrogen and oxygen atoms in total. The van der Waals surface area contributed by atoms with Crippen molar-refractivity contribution in [1.29, 1.82) is 0 Å². The van der Waals surface area contributed by atoms with Crippen LogP contribution in [-0.2, 0) is 0 Å². The van der Waals surface area contributed by atoms with Crippen LogP contribution in [0.25, 0.3) is 11.3 Å². The van der Waals surface area contributed by atoms with Crippen molar-refractivity contribution in [2.24, 2.45) is 0 Å². The van der Waals surface area contributed by atoms with E-state index in [2.05, 4.69) is 53.3 Å². The van der Waals surface area contributed by atoms with E-state index in [-0.39, 0.29) is 0 Å². The van der Waals surface area contributed by atoms with Crippen molar-refractivity contribution in [1.82, 2.24) is 15.0 Å². The average Bonchev–Trinajstić information content (AvgIpc) is 2.47. The van der Waals surface area contributed by atoms with Crippen LogP contribution in [-0.4, -0.2) is 27.0 Å². The molecule has 2 aromatic heterocycles. The molecule has 2 N–H and O–H groups in total. The molecule has 2 aromatic rings. The average molecular weight is 285 g/mol. The zero-order valence-corrected chi connectivity index (χ0v) is 13.1. The maximum Gasteiger partial charge on any atom is 0.225 e. The predicted molar refractivity (Wildman–Crippen MR) is 87.4 cm³/mol. The van der Waals surface area contributed by atoms with Gasteiger partial charge in [0.1, 0.15) is 5.82 Å². The molecule has 112 valence electrons. The Balaban J connectivity index is 2.37. The van der Waals surface area contributed by atoms with E-state index >= 15 is 0 Å². The van der Waals surface area contributed by atoms with Crippen molar-refractivity contribution in [2.75, 3.05) is 10.6 Å². The molecule has 0 spiro atoms. The predicted octanol–water partition coefficient (Wildman–Crippen LogP) is 3.57. The zero-order chi connectivity index (χ0) is 15.2. The fourth-order valence-electron chi connectivity index (χ4n) is 1.87. The number of nitrogens with one attached hydrogen (secondary N) is 2. The molecule has 21 heavy (non-hydrogen) atoms. The van der Waals surface area contributed by atoms with Crippen LogP contribution in [0.4, 0.5) is 11.8 Å². The van der Waals surface area contributed by atoms with Crippen molar-refractivity contribution < 1.29 is 0 Å². The molecule has 0 radical (unpaired) electrons. The Morgan fingerprint density at radius 3 is 2.38 bits per heavy atom. The minimum absolute atomic E-state index is 0.321. The van der Waals surface area contributed by atoms with E-state index in [0.717, 1.165) is 23.5 Å². The Morgan fingerprint density at radius 1 is 1.05 bits per heavy atom. The molecule has 5 heteroatoms. The molecular formula is C16H23N5. The van der Waals surface area contributed by atoms with Gasteiger partial charge in [0.05, 0.1) is 5.69 Å². The molecular weight excluding hydrogens is 262 g/mol. The highest BCUT2D eigenvalue weighted by Crippen LogP contribution is 2.21. The molecule has 0 aliphatic carbocycles. The molecule has 0 aromatic carbocycles. The lowest BCUT2D eigenvalue weighted by Crippen LogP contribution is -2.18. The van der Waals surface area contributed by atoms with Gasteiger partial charge in [0, 0.05) is 36.1 Å². The summed E-state index contributed by atoms with van der Waals surface area (Å²) in [4.78, 5) is 13.2. The first-order valence-corrected chi connectivity index (χ1v) is 7.41. The number of rotatable bonds is 6. The molecule has 0 aliphatic rings. The van der Waals surface area contributed by atoms with Gasteiger partial charge < -0.3 is 10.6 Å². The third-order valence-corrected chi connectivity index (χ3v) is 3.13. The molecule has 0 aliphatic heterocycles. The van der Waals surface area contributed by atoms with Crippen LogP contribution in [0.5, 0.6) is 0 Å². The minimum atomic E-state index is 0.321. The molecule has 0 saturated carbocycles. The van der Waals surface area contributed by atoms with Gasteiger partial charge in [-0.1, -0.05) is 6.92 Å². The largest absolute Gasteiger partial charge is 0.368 e. The summed E-state index contributed by atoms with van der Waals surface area (Å²) in [5.41, 5.74) is 1.92. The highest BCUT2D eigenvalue weighted by Gasteiger charge is 2.09. The Kier molecular flexibility index (Phi) is 5.09. The fourth-order valence-corrected chi connectivity index (χ4v) is 1.87. The van der Waals surface area contributed by atoms with Gasteiger partial charge in [0.2, 0.25) is 5.95 Å². The summed E-state index contributed by atoms with van der Waals surface area (Å²) in [7, 11) is 0. The van der Waals surface area contributed by atoms with Crippen molar-refractivity contribution in [3.05, 3.63) is 30.6 Å². The summed E-state index contributed by atoms with van der Waals surface area (Å²) in [6, 6.07) is 6.53. The van der Waals surface area contributed by atoms with Crippen LogP contribution in [0.2, 0.25) is 0 Å². The summed E-state index contributed by atoms with van der Waals surface area (Å²) in [6.07, 6.45) is 4.57. The first kappa shape index (κ1) is 15.2. The summed E-state index contributed by atoms with van der Waals surface area (Å²) < 4.78 is 0. The third-order valence-electron chi connectivity index (χ3n) is 3.13. The highest BCUT2D eigenvalue weighted by molar-refractivity contribution is 5.64. The monoisotopic (exact) mass is 285 g/mol. The number of pyridine rings is 1. The van der Waals surface area contributed by atoms with E-state index in [1.807, 2.05) is 18.2 Å². The minimum Gasteiger partial charge on any atom is -0.368 e. The van der Waals surface area contributed by atoms with Gasteiger partial charge in [-0.2, -0.15) is 4.98 Å². The first-order valence-electron chi connectivity index (χ1n) is 7.41. The molecule has 0 unspecified atom stereocenters. The van der Waals surface area contributed by atoms with Crippen molar-refractivity contribution >= 4 is 11.8 Å². The molecule has 2 rings (SSSR count). The lowest BCUT2D eigenvalue weighted by Gasteiger charge is -2.15. The second-order valence-corrected chi connectivity index (χ2v) is 5.45. The maximum atomic E-state index is 4.61. The van der Waals surface area contributed by atoms with Crippen molar-refractivity contribution in [3.8, 4) is 11.3 Å². The van der Waals surface area contributed by atoms with Crippen LogP contribution in [0, 0.1) is 0 Å². The summed E-state index contributed by atoms with van der Waals surface area (Å²) in [5, 5.41) is 6.68. The number of hydrogen-bond acceptors (Lipinski definition) is 5. The van der Waals surface area contributed by atoms with E-state index < -0.39 is 0 Å². The van der Waals surface area contributed by atoms with Crippen LogP contribution < -0.4 is 10.6 Å². The standard InChI is InChI=1S/C16H23N5/c1-5-12(4)19-16-20-14(13-6-8-17-9-7-13)10-15(21-16)18-11(2)3/h6-12H,5H2,1-4H3,(H2,18,19,20,21)/t12-/m0/s1. The Bertz CT molecular complexity index is 568. The van der Waals surface area contributed by atoms with E-state index in [9.17, 15) is 0 Å². The first-order chi connectivity index (χ1) is 10.1.